The maximum atomic E-state index is 5.29. The third kappa shape index (κ3) is 5.12. The fraction of sp³-hybridized carbons (Fsp3) is 0.462. The first-order valence-corrected chi connectivity index (χ1v) is 6.19. The monoisotopic (exact) mass is 237 g/mol. The third-order valence-electron chi connectivity index (χ3n) is 2.46. The Morgan fingerprint density at radius 1 is 1.19 bits per heavy atom. The molecule has 16 heavy (non-hydrogen) atoms. The summed E-state index contributed by atoms with van der Waals surface area (Å²) in [4.78, 5) is 0. The number of hydrogen-bond acceptors (Lipinski definition) is 2. The van der Waals surface area contributed by atoms with Crippen LogP contribution in [0, 0.1) is 0 Å². The highest BCUT2D eigenvalue weighted by Crippen LogP contribution is 2.14. The van der Waals surface area contributed by atoms with E-state index in [1.54, 1.807) is 0 Å². The van der Waals surface area contributed by atoms with Crippen LogP contribution < -0.4 is 10.5 Å². The molecule has 0 unspecified atom stereocenters. The van der Waals surface area contributed by atoms with Crippen molar-refractivity contribution in [1.29, 1.82) is 0 Å². The summed E-state index contributed by atoms with van der Waals surface area (Å²) in [5.74, 6) is 0.713. The molecule has 0 aliphatic carbocycles. The van der Waals surface area contributed by atoms with E-state index in [0.717, 1.165) is 6.42 Å². The minimum atomic E-state index is 0.0655. The van der Waals surface area contributed by atoms with Crippen molar-refractivity contribution in [3.8, 4) is 5.75 Å². The van der Waals surface area contributed by atoms with Crippen molar-refractivity contribution < 1.29 is 4.74 Å². The van der Waals surface area contributed by atoms with E-state index >= 15 is 0 Å². The second-order valence-electron chi connectivity index (χ2n) is 3.88. The van der Waals surface area contributed by atoms with Gasteiger partial charge in [-0.1, -0.05) is 38.3 Å². The molecule has 1 aromatic rings. The molecule has 2 nitrogen and oxygen atoms in total. The van der Waals surface area contributed by atoms with Gasteiger partial charge in [-0.15, -0.1) is 0 Å². The maximum Gasteiger partial charge on any atom is 0.259 e. The van der Waals surface area contributed by atoms with Crippen molar-refractivity contribution in [3.05, 3.63) is 29.8 Å². The zero-order chi connectivity index (χ0) is 11.8. The van der Waals surface area contributed by atoms with Crippen LogP contribution in [0.15, 0.2) is 24.3 Å². The lowest BCUT2D eigenvalue weighted by atomic mass is 10.1. The summed E-state index contributed by atoms with van der Waals surface area (Å²) in [5.41, 5.74) is 6.62. The van der Waals surface area contributed by atoms with Gasteiger partial charge < -0.3 is 10.5 Å². The van der Waals surface area contributed by atoms with Crippen LogP contribution in [0.4, 0.5) is 0 Å². The van der Waals surface area contributed by atoms with E-state index in [9.17, 15) is 0 Å². The molecule has 1 aromatic carbocycles. The van der Waals surface area contributed by atoms with Gasteiger partial charge in [0.15, 0.2) is 0 Å². The summed E-state index contributed by atoms with van der Waals surface area (Å²) in [6, 6.07) is 7.96. The van der Waals surface area contributed by atoms with Crippen molar-refractivity contribution in [1.82, 2.24) is 0 Å². The van der Waals surface area contributed by atoms with Gasteiger partial charge in [-0.25, -0.2) is 0 Å². The molecule has 0 radical (unpaired) electrons. The van der Waals surface area contributed by atoms with Gasteiger partial charge in [0, 0.05) is 0 Å². The number of rotatable bonds is 6. The summed E-state index contributed by atoms with van der Waals surface area (Å²) in [6.45, 7) is 2.22. The predicted molar refractivity (Wildman–Crippen MR) is 71.7 cm³/mol. The van der Waals surface area contributed by atoms with Crippen molar-refractivity contribution in [2.45, 2.75) is 39.0 Å². The second kappa shape index (κ2) is 7.23. The molecule has 0 aliphatic rings. The average Bonchev–Trinajstić information content (AvgIpc) is 2.26. The summed E-state index contributed by atoms with van der Waals surface area (Å²) in [7, 11) is 0. The van der Waals surface area contributed by atoms with E-state index in [4.69, 9.17) is 10.5 Å². The molecular formula is C13H19NOS. The van der Waals surface area contributed by atoms with Gasteiger partial charge in [-0.2, -0.15) is 0 Å². The van der Waals surface area contributed by atoms with Crippen molar-refractivity contribution >= 4 is 17.4 Å². The SMILES string of the molecule is CCCCCCc1ccc(OC(N)=S)cc1. The number of unbranched alkanes of at least 4 members (excludes halogenated alkanes) is 3. The highest BCUT2D eigenvalue weighted by Gasteiger charge is 1.97. The van der Waals surface area contributed by atoms with Gasteiger partial charge in [0.05, 0.1) is 0 Å². The Kier molecular flexibility index (Phi) is 5.86. The Labute approximate surface area is 103 Å². The van der Waals surface area contributed by atoms with E-state index in [2.05, 4.69) is 31.3 Å². The van der Waals surface area contributed by atoms with Gasteiger partial charge in [-0.05, 0) is 42.8 Å². The molecule has 0 amide bonds. The van der Waals surface area contributed by atoms with Crippen LogP contribution in [0.25, 0.3) is 0 Å². The van der Waals surface area contributed by atoms with Gasteiger partial charge in [-0.3, -0.25) is 0 Å². The molecule has 88 valence electrons. The second-order valence-corrected chi connectivity index (χ2v) is 4.28. The predicted octanol–water partition coefficient (Wildman–Crippen LogP) is 3.43. The number of ether oxygens (including phenoxy) is 1. The average molecular weight is 237 g/mol. The summed E-state index contributed by atoms with van der Waals surface area (Å²) < 4.78 is 5.12. The lowest BCUT2D eigenvalue weighted by Gasteiger charge is -2.04. The Balaban J connectivity index is 2.36. The van der Waals surface area contributed by atoms with Crippen molar-refractivity contribution in [3.63, 3.8) is 0 Å². The summed E-state index contributed by atoms with van der Waals surface area (Å²) in [6.07, 6.45) is 6.29. The lowest BCUT2D eigenvalue weighted by Crippen LogP contribution is -2.15. The fourth-order valence-corrected chi connectivity index (χ4v) is 1.69. The molecule has 0 saturated heterocycles. The number of hydrogen-bond donors (Lipinski definition) is 1. The molecule has 0 aromatic heterocycles. The zero-order valence-corrected chi connectivity index (χ0v) is 10.6. The molecule has 1 rings (SSSR count). The third-order valence-corrected chi connectivity index (χ3v) is 2.54. The first-order chi connectivity index (χ1) is 7.72. The Morgan fingerprint density at radius 3 is 2.44 bits per heavy atom. The largest absolute Gasteiger partial charge is 0.432 e. The molecule has 3 heteroatoms. The number of nitrogens with two attached hydrogens (primary N) is 1. The van der Waals surface area contributed by atoms with Crippen LogP contribution in [0.2, 0.25) is 0 Å². The van der Waals surface area contributed by atoms with Crippen LogP contribution in [0.5, 0.6) is 5.75 Å². The van der Waals surface area contributed by atoms with E-state index in [1.165, 1.54) is 31.2 Å². The molecule has 0 aliphatic heterocycles. The molecule has 0 atom stereocenters. The van der Waals surface area contributed by atoms with Crippen LogP contribution in [-0.2, 0) is 6.42 Å². The van der Waals surface area contributed by atoms with Crippen LogP contribution in [0.3, 0.4) is 0 Å². The Morgan fingerprint density at radius 2 is 1.88 bits per heavy atom. The van der Waals surface area contributed by atoms with E-state index in [-0.39, 0.29) is 5.17 Å². The van der Waals surface area contributed by atoms with Gasteiger partial charge >= 0.3 is 0 Å². The van der Waals surface area contributed by atoms with Crippen LogP contribution in [0.1, 0.15) is 38.2 Å². The number of benzene rings is 1. The number of aryl methyl sites for hydroxylation is 1. The maximum absolute atomic E-state index is 5.29. The topological polar surface area (TPSA) is 35.2 Å². The minimum Gasteiger partial charge on any atom is -0.432 e. The van der Waals surface area contributed by atoms with Crippen LogP contribution in [-0.4, -0.2) is 5.17 Å². The van der Waals surface area contributed by atoms with Crippen molar-refractivity contribution in [2.24, 2.45) is 5.73 Å². The minimum absolute atomic E-state index is 0.0655. The molecular weight excluding hydrogens is 218 g/mol. The molecule has 0 saturated carbocycles. The molecule has 2 N–H and O–H groups in total. The normalized spacial score (nSPS) is 10.1. The lowest BCUT2D eigenvalue weighted by molar-refractivity contribution is 0.557. The van der Waals surface area contributed by atoms with Gasteiger partial charge in [0.25, 0.3) is 5.17 Å². The molecule has 0 heterocycles. The summed E-state index contributed by atoms with van der Waals surface area (Å²) in [5, 5.41) is 0.0655. The van der Waals surface area contributed by atoms with E-state index in [1.807, 2.05) is 12.1 Å². The van der Waals surface area contributed by atoms with E-state index in [0.29, 0.717) is 5.75 Å². The van der Waals surface area contributed by atoms with Gasteiger partial charge in [0.1, 0.15) is 5.75 Å². The molecule has 0 bridgehead atoms. The van der Waals surface area contributed by atoms with Gasteiger partial charge in [0.2, 0.25) is 0 Å². The Bertz CT molecular complexity index is 321. The fourth-order valence-electron chi connectivity index (χ4n) is 1.60. The smallest absolute Gasteiger partial charge is 0.259 e. The zero-order valence-electron chi connectivity index (χ0n) is 9.74. The quantitative estimate of drug-likeness (QED) is 0.608. The van der Waals surface area contributed by atoms with Crippen molar-refractivity contribution in [2.75, 3.05) is 0 Å². The molecule has 0 spiro atoms. The van der Waals surface area contributed by atoms with Crippen LogP contribution >= 0.6 is 12.2 Å². The summed E-state index contributed by atoms with van der Waals surface area (Å²) >= 11 is 4.66. The number of thiocarbonyl (C=S) groups is 1. The standard InChI is InChI=1S/C13H19NOS/c1-2-3-4-5-6-11-7-9-12(10-8-11)15-13(14)16/h7-10H,2-6H2,1H3,(H2,14,16). The molecule has 0 fully saturated rings. The highest BCUT2D eigenvalue weighted by atomic mass is 32.1. The Hall–Kier alpha value is -1.09. The first-order valence-electron chi connectivity index (χ1n) is 5.78. The van der Waals surface area contributed by atoms with E-state index < -0.39 is 0 Å². The highest BCUT2D eigenvalue weighted by molar-refractivity contribution is 7.80. The first kappa shape index (κ1) is 13.0.